The summed E-state index contributed by atoms with van der Waals surface area (Å²) in [7, 11) is 0. The van der Waals surface area contributed by atoms with Gasteiger partial charge in [-0.3, -0.25) is 19.0 Å². The number of carbonyl (C=O) groups excluding carboxylic acids is 2. The summed E-state index contributed by atoms with van der Waals surface area (Å²) in [5.74, 6) is 0.0998. The minimum absolute atomic E-state index is 0.0119. The third kappa shape index (κ3) is 5.46. The van der Waals surface area contributed by atoms with E-state index in [0.717, 1.165) is 10.4 Å². The fraction of sp³-hybridized carbons (Fsp3) is 0.231. The average Bonchev–Trinajstić information content (AvgIpc) is 3.31. The molecule has 1 N–H and O–H groups in total. The Kier molecular flexibility index (Phi) is 7.59. The molecule has 0 aliphatic rings. The van der Waals surface area contributed by atoms with Gasteiger partial charge in [0.1, 0.15) is 0 Å². The Balaban J connectivity index is 1.58. The molecular weight excluding hydrogens is 466 g/mol. The van der Waals surface area contributed by atoms with E-state index in [1.165, 1.54) is 30.0 Å². The van der Waals surface area contributed by atoms with E-state index in [0.29, 0.717) is 33.9 Å². The lowest BCUT2D eigenvalue weighted by Gasteiger charge is -2.19. The molecule has 34 heavy (non-hydrogen) atoms. The van der Waals surface area contributed by atoms with Gasteiger partial charge in [0.2, 0.25) is 5.91 Å². The van der Waals surface area contributed by atoms with Crippen LogP contribution in [-0.4, -0.2) is 33.5 Å². The average molecular weight is 492 g/mol. The highest BCUT2D eigenvalue weighted by molar-refractivity contribution is 7.99. The number of hydrogen-bond acceptors (Lipinski definition) is 6. The maximum atomic E-state index is 13.4. The van der Waals surface area contributed by atoms with E-state index in [9.17, 15) is 14.4 Å². The van der Waals surface area contributed by atoms with Crippen LogP contribution in [0, 0.1) is 0 Å². The number of nitrogens with one attached hydrogen (secondary N) is 1. The summed E-state index contributed by atoms with van der Waals surface area (Å²) in [6, 6.07) is 20.6. The molecule has 6 nitrogen and oxygen atoms in total. The third-order valence-corrected chi connectivity index (χ3v) is 7.60. The number of fused-ring (bicyclic) bond motifs is 1. The molecule has 0 aliphatic carbocycles. The number of thioether (sulfide) groups is 1. The van der Waals surface area contributed by atoms with Crippen LogP contribution in [0.1, 0.15) is 40.0 Å². The number of rotatable bonds is 9. The summed E-state index contributed by atoms with van der Waals surface area (Å²) in [4.78, 5) is 43.8. The molecule has 4 rings (SSSR count). The van der Waals surface area contributed by atoms with Crippen LogP contribution in [0.5, 0.6) is 0 Å². The molecule has 1 atom stereocenters. The van der Waals surface area contributed by atoms with Crippen LogP contribution in [0.3, 0.4) is 0 Å². The highest BCUT2D eigenvalue weighted by atomic mass is 32.2. The van der Waals surface area contributed by atoms with E-state index in [1.807, 2.05) is 67.6 Å². The van der Waals surface area contributed by atoms with Crippen LogP contribution in [0.2, 0.25) is 0 Å². The quantitative estimate of drug-likeness (QED) is 0.208. The lowest BCUT2D eigenvalue weighted by Crippen LogP contribution is -2.27. The monoisotopic (exact) mass is 491 g/mol. The first-order valence-corrected chi connectivity index (χ1v) is 12.8. The van der Waals surface area contributed by atoms with E-state index >= 15 is 0 Å². The number of aromatic nitrogens is 2. The first-order chi connectivity index (χ1) is 16.4. The summed E-state index contributed by atoms with van der Waals surface area (Å²) in [5, 5.41) is 3.85. The number of carbonyl (C=O) groups is 2. The van der Waals surface area contributed by atoms with Crippen molar-refractivity contribution in [3.63, 3.8) is 0 Å². The van der Waals surface area contributed by atoms with Crippen molar-refractivity contribution in [1.82, 2.24) is 14.9 Å². The van der Waals surface area contributed by atoms with Gasteiger partial charge in [-0.2, -0.15) is 0 Å². The van der Waals surface area contributed by atoms with Crippen LogP contribution in [0.4, 0.5) is 0 Å². The number of amides is 1. The minimum Gasteiger partial charge on any atom is -0.356 e. The van der Waals surface area contributed by atoms with Gasteiger partial charge in [0.25, 0.3) is 5.56 Å². The highest BCUT2D eigenvalue weighted by Gasteiger charge is 2.19. The van der Waals surface area contributed by atoms with Crippen LogP contribution in [0.25, 0.3) is 10.9 Å². The van der Waals surface area contributed by atoms with Crippen molar-refractivity contribution < 1.29 is 9.59 Å². The second-order valence-electron chi connectivity index (χ2n) is 7.88. The van der Waals surface area contributed by atoms with Gasteiger partial charge in [-0.1, -0.05) is 54.2 Å². The first-order valence-electron chi connectivity index (χ1n) is 11.0. The number of thiophene rings is 1. The van der Waals surface area contributed by atoms with Gasteiger partial charge in [0, 0.05) is 18.3 Å². The predicted molar refractivity (Wildman–Crippen MR) is 138 cm³/mol. The number of ketones is 1. The third-order valence-electron chi connectivity index (χ3n) is 5.46. The van der Waals surface area contributed by atoms with Gasteiger partial charge in [-0.15, -0.1) is 11.3 Å². The van der Waals surface area contributed by atoms with E-state index < -0.39 is 0 Å². The minimum atomic E-state index is -0.231. The molecule has 4 aromatic rings. The topological polar surface area (TPSA) is 81.1 Å². The molecule has 2 aromatic carbocycles. The summed E-state index contributed by atoms with van der Waals surface area (Å²) in [5.41, 5.74) is 1.50. The maximum Gasteiger partial charge on any atom is 0.262 e. The van der Waals surface area contributed by atoms with Crippen molar-refractivity contribution in [3.05, 3.63) is 92.4 Å². The van der Waals surface area contributed by atoms with Gasteiger partial charge in [0.15, 0.2) is 10.9 Å². The molecule has 1 amide bonds. The lowest BCUT2D eigenvalue weighted by atomic mass is 10.1. The Labute approximate surface area is 206 Å². The zero-order valence-electron chi connectivity index (χ0n) is 19.0. The Morgan fingerprint density at radius 1 is 1.06 bits per heavy atom. The zero-order valence-corrected chi connectivity index (χ0v) is 20.6. The largest absolute Gasteiger partial charge is 0.356 e. The molecule has 0 saturated heterocycles. The summed E-state index contributed by atoms with van der Waals surface area (Å²) < 4.78 is 1.68. The molecule has 0 bridgehead atoms. The molecule has 0 spiro atoms. The van der Waals surface area contributed by atoms with E-state index in [-0.39, 0.29) is 29.0 Å². The fourth-order valence-electron chi connectivity index (χ4n) is 3.67. The number of benzene rings is 2. The van der Waals surface area contributed by atoms with Gasteiger partial charge in [0.05, 0.1) is 27.6 Å². The van der Waals surface area contributed by atoms with E-state index in [2.05, 4.69) is 5.32 Å². The lowest BCUT2D eigenvalue weighted by molar-refractivity contribution is -0.118. The standard InChI is InChI=1S/C26H25N3O3S2/c1-17(19-8-4-3-5-9-19)29-25(32)21-10-6-7-11-22(21)28-26(29)33-16-23(31)24-13-12-20(34-24)14-15-27-18(2)30/h3-13,17H,14-16H2,1-2H3,(H,27,30). The Bertz CT molecular complexity index is 1380. The van der Waals surface area contributed by atoms with Gasteiger partial charge >= 0.3 is 0 Å². The molecular formula is C26H25N3O3S2. The Hall–Kier alpha value is -3.23. The van der Waals surface area contributed by atoms with E-state index in [4.69, 9.17) is 4.98 Å². The second kappa shape index (κ2) is 10.8. The summed E-state index contributed by atoms with van der Waals surface area (Å²) in [6.45, 7) is 4.00. The van der Waals surface area contributed by atoms with Gasteiger partial charge in [-0.05, 0) is 43.2 Å². The number of Topliss-reactive ketones (excluding diaryl/α,β-unsaturated/α-hetero) is 1. The van der Waals surface area contributed by atoms with Crippen molar-refractivity contribution in [2.24, 2.45) is 0 Å². The molecule has 2 heterocycles. The first kappa shape index (κ1) is 23.9. The molecule has 0 fully saturated rings. The summed E-state index contributed by atoms with van der Waals surface area (Å²) in [6.07, 6.45) is 0.686. The van der Waals surface area contributed by atoms with Crippen LogP contribution >= 0.6 is 23.1 Å². The van der Waals surface area contributed by atoms with Crippen molar-refractivity contribution in [3.8, 4) is 0 Å². The molecule has 1 unspecified atom stereocenters. The molecule has 174 valence electrons. The molecule has 0 radical (unpaired) electrons. The smallest absolute Gasteiger partial charge is 0.262 e. The van der Waals surface area contributed by atoms with Gasteiger partial charge in [-0.25, -0.2) is 4.98 Å². The number of para-hydroxylation sites is 1. The number of nitrogens with zero attached hydrogens (tertiary/aromatic N) is 2. The summed E-state index contributed by atoms with van der Waals surface area (Å²) >= 11 is 2.72. The van der Waals surface area contributed by atoms with Crippen molar-refractivity contribution in [2.75, 3.05) is 12.3 Å². The molecule has 0 aliphatic heterocycles. The normalized spacial score (nSPS) is 11.9. The van der Waals surface area contributed by atoms with Crippen LogP contribution in [-0.2, 0) is 11.2 Å². The van der Waals surface area contributed by atoms with Crippen molar-refractivity contribution in [2.45, 2.75) is 31.5 Å². The Morgan fingerprint density at radius 2 is 1.79 bits per heavy atom. The second-order valence-corrected chi connectivity index (χ2v) is 9.99. The molecule has 2 aromatic heterocycles. The fourth-order valence-corrected chi connectivity index (χ4v) is 5.67. The SMILES string of the molecule is CC(=O)NCCc1ccc(C(=O)CSc2nc3ccccc3c(=O)n2C(C)c2ccccc2)s1. The molecule has 8 heteroatoms. The van der Waals surface area contributed by atoms with Crippen LogP contribution < -0.4 is 10.9 Å². The van der Waals surface area contributed by atoms with Crippen molar-refractivity contribution in [1.29, 1.82) is 0 Å². The predicted octanol–water partition coefficient (Wildman–Crippen LogP) is 4.72. The number of hydrogen-bond donors (Lipinski definition) is 1. The van der Waals surface area contributed by atoms with Crippen LogP contribution in [0.15, 0.2) is 76.7 Å². The van der Waals surface area contributed by atoms with E-state index in [1.54, 1.807) is 10.6 Å². The zero-order chi connectivity index (χ0) is 24.1. The highest BCUT2D eigenvalue weighted by Crippen LogP contribution is 2.26. The maximum absolute atomic E-state index is 13.4. The van der Waals surface area contributed by atoms with Gasteiger partial charge < -0.3 is 5.32 Å². The Morgan fingerprint density at radius 3 is 2.56 bits per heavy atom. The van der Waals surface area contributed by atoms with Crippen molar-refractivity contribution >= 4 is 45.7 Å². The molecule has 0 saturated carbocycles.